The molecule has 7 aromatic carbocycles. The summed E-state index contributed by atoms with van der Waals surface area (Å²) in [6.45, 7) is 6.89. The smallest absolute Gasteiger partial charge is 0.289 e. The molecule has 6 fully saturated rings. The molecule has 0 bridgehead atoms. The zero-order valence-corrected chi connectivity index (χ0v) is 69.0. The molecule has 16 rings (SSSR count). The van der Waals surface area contributed by atoms with Crippen LogP contribution in [0, 0.1) is 10.1 Å². The Morgan fingerprint density at radius 2 is 0.907 bits per heavy atom. The van der Waals surface area contributed by atoms with Gasteiger partial charge < -0.3 is 49.4 Å². The number of halogens is 3. The van der Waals surface area contributed by atoms with E-state index in [0.717, 1.165) is 45.9 Å². The highest BCUT2D eigenvalue weighted by atomic mass is 79.9. The second-order valence-corrected chi connectivity index (χ2v) is 34.4. The molecule has 39 heteroatoms. The summed E-state index contributed by atoms with van der Waals surface area (Å²) in [4.78, 5) is 103. The molecule has 0 aliphatic carbocycles. The lowest BCUT2D eigenvalue weighted by Crippen LogP contribution is -2.68. The van der Waals surface area contributed by atoms with Crippen LogP contribution in [0.5, 0.6) is 0 Å². The normalized spacial score (nSPS) is 27.0. The monoisotopic (exact) mass is 1820 g/mol. The Morgan fingerprint density at radius 3 is 1.36 bits per heavy atom. The first-order chi connectivity index (χ1) is 56.4. The fourth-order valence-corrected chi connectivity index (χ4v) is 19.7. The van der Waals surface area contributed by atoms with Gasteiger partial charge in [0, 0.05) is 128 Å². The van der Waals surface area contributed by atoms with Crippen LogP contribution in [0.3, 0.4) is 0 Å². The summed E-state index contributed by atoms with van der Waals surface area (Å²) < 4.78 is 59.6. The van der Waals surface area contributed by atoms with Gasteiger partial charge in [-0.15, -0.1) is 0 Å². The van der Waals surface area contributed by atoms with Crippen LogP contribution in [0.4, 0.5) is 5.69 Å². The van der Waals surface area contributed by atoms with Crippen LogP contribution in [0.25, 0.3) is 31.3 Å². The van der Waals surface area contributed by atoms with E-state index in [0.29, 0.717) is 34.4 Å². The van der Waals surface area contributed by atoms with Crippen molar-refractivity contribution in [2.45, 2.75) is 141 Å². The largest absolute Gasteiger partial charge is 0.394 e. The Bertz CT molecular complexity index is 5190. The molecule has 9 aliphatic heterocycles. The quantitative estimate of drug-likeness (QED) is 0.00992. The molecule has 16 atom stereocenters. The SMILES string of the molecule is CC1(C)O[C@@H]2[C@@H](CO)OC(O)[C@@H]2O1.CC1(C)O[C@H]([C@H](O)CO)[C@H](CN2[C@H](CN3C(=O)c4ccccc4C3=O)[C@H](c3ccc(Br)cc3)[C@@H]2CN=[N+]=[N-])O1.[N-]=[N+]=NC[C@@H]1N[C@H](CN2C(=O)c3ccccc3C2=O)[C@@H]1c1ccc(Br)cc1.[N-]=[N+]=NC[C@H]1[C@@H](c2ccc(Br)cc2)[C@@H](CN2C(=O)c3ccccc3C2=O)N1S(=O)(=O)c1ccccc1[N+](=O)[O-]. The number of nitro benzene ring substituents is 1. The number of imide groups is 3. The van der Waals surface area contributed by atoms with E-state index in [-0.39, 0.29) is 123 Å². The van der Waals surface area contributed by atoms with E-state index in [1.807, 2.05) is 48.5 Å². The zero-order valence-electron chi connectivity index (χ0n) is 63.4. The molecule has 9 heterocycles. The molecule has 35 nitrogen and oxygen atoms in total. The number of aliphatic hydroxyl groups is 4. The third-order valence-electron chi connectivity index (χ3n) is 22.1. The molecule has 7 aromatic rings. The van der Waals surface area contributed by atoms with E-state index in [1.54, 1.807) is 113 Å². The number of carbonyl (C=O) groups excluding carboxylic acids is 6. The molecule has 0 saturated carbocycles. The van der Waals surface area contributed by atoms with Crippen molar-refractivity contribution in [3.63, 3.8) is 0 Å². The van der Waals surface area contributed by atoms with Crippen molar-refractivity contribution in [2.24, 2.45) is 15.3 Å². The molecular formula is C79H79Br3N16O19S. The minimum Gasteiger partial charge on any atom is -0.394 e. The Hall–Kier alpha value is -9.80. The van der Waals surface area contributed by atoms with Crippen LogP contribution in [-0.2, 0) is 33.7 Å². The van der Waals surface area contributed by atoms with E-state index in [4.69, 9.17) is 45.4 Å². The molecular weight excluding hydrogens is 1750 g/mol. The number of ether oxygens (including phenoxy) is 5. The number of sulfonamides is 1. The zero-order chi connectivity index (χ0) is 84.4. The minimum absolute atomic E-state index is 0.0257. The summed E-state index contributed by atoms with van der Waals surface area (Å²) in [7, 11) is -4.55. The summed E-state index contributed by atoms with van der Waals surface area (Å²) in [6, 6.07) is 45.0. The van der Waals surface area contributed by atoms with Crippen molar-refractivity contribution < 1.29 is 86.2 Å². The van der Waals surface area contributed by atoms with Gasteiger partial charge in [0.05, 0.1) is 57.6 Å². The molecule has 616 valence electrons. The number of azide groups is 3. The molecule has 6 saturated heterocycles. The van der Waals surface area contributed by atoms with Crippen molar-refractivity contribution in [3.05, 3.63) is 275 Å². The number of hydrogen-bond donors (Lipinski definition) is 5. The van der Waals surface area contributed by atoms with Gasteiger partial charge in [-0.25, -0.2) is 8.42 Å². The van der Waals surface area contributed by atoms with Crippen molar-refractivity contribution in [1.29, 1.82) is 0 Å². The van der Waals surface area contributed by atoms with Gasteiger partial charge in [0.1, 0.15) is 36.6 Å². The molecule has 5 N–H and O–H groups in total. The number of likely N-dealkylation sites (tertiary alicyclic amines) is 1. The number of nitro groups is 1. The molecule has 0 spiro atoms. The van der Waals surface area contributed by atoms with E-state index in [9.17, 15) is 62.6 Å². The lowest BCUT2D eigenvalue weighted by molar-refractivity contribution is -0.387. The topological polar surface area (TPSA) is 481 Å². The van der Waals surface area contributed by atoms with Gasteiger partial charge in [-0.2, -0.15) is 4.31 Å². The fourth-order valence-electron chi connectivity index (χ4n) is 16.9. The summed E-state index contributed by atoms with van der Waals surface area (Å²) in [5.41, 5.74) is 30.9. The number of para-hydroxylation sites is 1. The maximum absolute atomic E-state index is 14.0. The third kappa shape index (κ3) is 17.4. The first kappa shape index (κ1) is 86.1. The number of nitrogens with one attached hydrogen (secondary N) is 1. The van der Waals surface area contributed by atoms with E-state index in [1.165, 1.54) is 34.1 Å². The highest BCUT2D eigenvalue weighted by Crippen LogP contribution is 2.49. The second-order valence-electron chi connectivity index (χ2n) is 29.9. The molecule has 118 heavy (non-hydrogen) atoms. The predicted molar refractivity (Wildman–Crippen MR) is 432 cm³/mol. The van der Waals surface area contributed by atoms with Crippen LogP contribution in [0.15, 0.2) is 204 Å². The highest BCUT2D eigenvalue weighted by molar-refractivity contribution is 9.11. The van der Waals surface area contributed by atoms with Crippen LogP contribution < -0.4 is 5.32 Å². The van der Waals surface area contributed by atoms with Gasteiger partial charge in [0.2, 0.25) is 0 Å². The Morgan fingerprint density at radius 1 is 0.508 bits per heavy atom. The standard InChI is InChI=1S/C27H30BrN5O6.C25H19BrN6O6S.C19H16BrN5O2.C8H14O5/c1-27(2)38-22(24(39-27)21(35)14-34)13-32-19(11-30-31-29)23(15-7-9-16(28)10-8-15)20(32)12-33-25(36)17-5-3-4-6-18(17)26(33)37;26-16-11-9-15(10-12-16)23-20(13-28-29-27)31(39(37,38)22-8-4-3-7-19(22)32(35)36)21(23)14-30-24(33)17-5-1-2-6-18(17)25(30)34;20-12-7-5-11(6-8-12)17-15(9-22-24-21)23-16(17)10-25-18(26)13-3-1-2-4-14(13)19(25)27;1-8(2)12-5-4(3-9)11-7(10)6(5)13-8/h3-10,19-24,34-35H,11-14H2,1-2H3;1-12,20-21,23H,13-14H2;1-8,15-17,23H,9-10H2;4-7,9-10H,3H2,1-2H3/t19-,20+,21+,22-,23+,24+;20-,21+,23+;15-,16+,17+;4-,5-,6-,7?/m0001/s1. The first-order valence-corrected chi connectivity index (χ1v) is 41.1. The number of nitrogens with zero attached hydrogens (tertiary/aromatic N) is 15. The highest BCUT2D eigenvalue weighted by Gasteiger charge is 2.59. The Labute approximate surface area is 700 Å². The number of hydrogen-bond acceptors (Lipinski definition) is 24. The van der Waals surface area contributed by atoms with Crippen LogP contribution in [-0.4, -0.2) is 243 Å². The number of benzene rings is 7. The average Bonchev–Trinajstić information content (AvgIpc) is 0.738. The predicted octanol–water partition coefficient (Wildman–Crippen LogP) is 10.2. The summed E-state index contributed by atoms with van der Waals surface area (Å²) in [5.74, 6) is -4.73. The van der Waals surface area contributed by atoms with Gasteiger partial charge in [0.15, 0.2) is 22.8 Å². The fraction of sp³-hybridized carbons (Fsp3) is 0.392. The lowest BCUT2D eigenvalue weighted by atomic mass is 9.74. The summed E-state index contributed by atoms with van der Waals surface area (Å²) in [6.07, 6.45) is -4.90. The maximum atomic E-state index is 14.0. The number of rotatable bonds is 23. The van der Waals surface area contributed by atoms with Crippen molar-refractivity contribution in [1.82, 2.24) is 29.2 Å². The average molecular weight is 1830 g/mol. The number of aliphatic hydroxyl groups excluding tert-OH is 4. The Balaban J connectivity index is 0.000000144. The van der Waals surface area contributed by atoms with Crippen LogP contribution in [0.2, 0.25) is 0 Å². The summed E-state index contributed by atoms with van der Waals surface area (Å²) in [5, 5.41) is 64.6. The maximum Gasteiger partial charge on any atom is 0.289 e. The van der Waals surface area contributed by atoms with E-state index < -0.39 is 110 Å². The third-order valence-corrected chi connectivity index (χ3v) is 25.7. The Kier molecular flexibility index (Phi) is 26.3. The summed E-state index contributed by atoms with van der Waals surface area (Å²) >= 11 is 10.3. The van der Waals surface area contributed by atoms with Gasteiger partial charge in [-0.1, -0.05) is 148 Å². The van der Waals surface area contributed by atoms with Gasteiger partial charge in [0.25, 0.3) is 51.2 Å². The van der Waals surface area contributed by atoms with Crippen LogP contribution in [0.1, 0.15) is 124 Å². The molecule has 1 unspecified atom stereocenters. The molecule has 0 aromatic heterocycles. The first-order valence-electron chi connectivity index (χ1n) is 37.3. The second kappa shape index (κ2) is 36.0. The van der Waals surface area contributed by atoms with Gasteiger partial charge >= 0.3 is 0 Å². The van der Waals surface area contributed by atoms with E-state index in [2.05, 4.69) is 88.1 Å². The minimum atomic E-state index is -4.55. The molecule has 0 radical (unpaired) electrons. The number of amides is 6. The molecule has 6 amide bonds. The van der Waals surface area contributed by atoms with E-state index >= 15 is 0 Å². The van der Waals surface area contributed by atoms with Crippen molar-refractivity contribution in [2.75, 3.05) is 59.0 Å². The molecule has 9 aliphatic rings. The number of fused-ring (bicyclic) bond motifs is 4. The van der Waals surface area contributed by atoms with Gasteiger partial charge in [-0.3, -0.25) is 58.5 Å². The lowest BCUT2D eigenvalue weighted by Gasteiger charge is -2.57. The van der Waals surface area contributed by atoms with Crippen molar-refractivity contribution in [3.8, 4) is 0 Å². The van der Waals surface area contributed by atoms with Crippen molar-refractivity contribution >= 4 is 98.9 Å². The van der Waals surface area contributed by atoms with Crippen LogP contribution >= 0.6 is 47.8 Å². The van der Waals surface area contributed by atoms with Gasteiger partial charge in [-0.05, 0) is 140 Å². The number of carbonyl (C=O) groups is 6.